The lowest BCUT2D eigenvalue weighted by Gasteiger charge is -2.15. The van der Waals surface area contributed by atoms with Gasteiger partial charge in [0.2, 0.25) is 5.91 Å². The van der Waals surface area contributed by atoms with Gasteiger partial charge < -0.3 is 4.90 Å². The van der Waals surface area contributed by atoms with E-state index in [-0.39, 0.29) is 27.5 Å². The molecule has 0 radical (unpaired) electrons. The van der Waals surface area contributed by atoms with Crippen LogP contribution in [0.3, 0.4) is 0 Å². The zero-order chi connectivity index (χ0) is 21.2. The number of carbonyl (C=O) groups excluding carboxylic acids is 3. The third kappa shape index (κ3) is 4.86. The average molecular weight is 433 g/mol. The number of anilines is 2. The van der Waals surface area contributed by atoms with Crippen molar-refractivity contribution < 1.29 is 22.8 Å². The largest absolute Gasteiger partial charge is 0.312 e. The number of nitrogens with one attached hydrogen (secondary N) is 1. The SMILES string of the molecule is CC(=O)SCC(=O)c1ccc(NS(=O)(=O)c2ccc3c(c2)CCN3C(C)=O)cc1. The molecule has 0 aliphatic carbocycles. The Morgan fingerprint density at radius 3 is 2.38 bits per heavy atom. The van der Waals surface area contributed by atoms with Gasteiger partial charge in [-0.2, -0.15) is 0 Å². The van der Waals surface area contributed by atoms with Crippen molar-refractivity contribution in [2.45, 2.75) is 25.2 Å². The van der Waals surface area contributed by atoms with Gasteiger partial charge in [0.15, 0.2) is 10.9 Å². The van der Waals surface area contributed by atoms with Crippen LogP contribution >= 0.6 is 11.8 Å². The van der Waals surface area contributed by atoms with Crippen LogP contribution in [-0.2, 0) is 26.0 Å². The smallest absolute Gasteiger partial charge is 0.261 e. The number of ketones is 1. The van der Waals surface area contributed by atoms with E-state index in [9.17, 15) is 22.8 Å². The second-order valence-corrected chi connectivity index (χ2v) is 9.43. The molecule has 1 aliphatic heterocycles. The molecule has 2 aromatic carbocycles. The summed E-state index contributed by atoms with van der Waals surface area (Å²) in [5, 5.41) is -0.136. The van der Waals surface area contributed by atoms with Crippen LogP contribution in [0, 0.1) is 0 Å². The first-order valence-electron chi connectivity index (χ1n) is 8.88. The summed E-state index contributed by atoms with van der Waals surface area (Å²) in [5.41, 5.74) is 2.28. The van der Waals surface area contributed by atoms with E-state index in [2.05, 4.69) is 4.72 Å². The summed E-state index contributed by atoms with van der Waals surface area (Å²) in [7, 11) is -3.81. The molecule has 9 heteroatoms. The normalized spacial score (nSPS) is 13.1. The fraction of sp³-hybridized carbons (Fsp3) is 0.250. The molecular weight excluding hydrogens is 412 g/mol. The van der Waals surface area contributed by atoms with Crippen LogP contribution in [-0.4, -0.2) is 37.5 Å². The summed E-state index contributed by atoms with van der Waals surface area (Å²) < 4.78 is 27.9. The molecule has 0 saturated heterocycles. The summed E-state index contributed by atoms with van der Waals surface area (Å²) in [6.07, 6.45) is 0.605. The molecular formula is C20H20N2O5S2. The lowest BCUT2D eigenvalue weighted by Crippen LogP contribution is -2.25. The molecule has 0 bridgehead atoms. The van der Waals surface area contributed by atoms with Crippen LogP contribution in [0.5, 0.6) is 0 Å². The molecule has 0 spiro atoms. The first-order valence-corrected chi connectivity index (χ1v) is 11.3. The maximum Gasteiger partial charge on any atom is 0.261 e. The Kier molecular flexibility index (Phi) is 6.09. The summed E-state index contributed by atoms with van der Waals surface area (Å²) in [4.78, 5) is 36.3. The number of hydrogen-bond acceptors (Lipinski definition) is 6. The Balaban J connectivity index is 1.74. The third-order valence-corrected chi connectivity index (χ3v) is 6.69. The Labute approximate surface area is 173 Å². The molecule has 0 saturated carbocycles. The lowest BCUT2D eigenvalue weighted by atomic mass is 10.1. The number of nitrogens with zero attached hydrogens (tertiary/aromatic N) is 1. The number of sulfonamides is 1. The first kappa shape index (κ1) is 21.1. The van der Waals surface area contributed by atoms with Crippen LogP contribution < -0.4 is 9.62 Å². The topological polar surface area (TPSA) is 101 Å². The van der Waals surface area contributed by atoms with Gasteiger partial charge in [0, 0.05) is 37.3 Å². The minimum absolute atomic E-state index is 0.0484. The molecule has 3 rings (SSSR count). The Morgan fingerprint density at radius 2 is 1.76 bits per heavy atom. The van der Waals surface area contributed by atoms with Gasteiger partial charge >= 0.3 is 0 Å². The minimum Gasteiger partial charge on any atom is -0.312 e. The first-order chi connectivity index (χ1) is 13.7. The summed E-state index contributed by atoms with van der Waals surface area (Å²) in [6.45, 7) is 3.42. The Hall–Kier alpha value is -2.65. The van der Waals surface area contributed by atoms with Crippen molar-refractivity contribution in [2.75, 3.05) is 21.9 Å². The van der Waals surface area contributed by atoms with Gasteiger partial charge in [-0.3, -0.25) is 19.1 Å². The van der Waals surface area contributed by atoms with Crippen molar-refractivity contribution >= 4 is 50.0 Å². The van der Waals surface area contributed by atoms with Gasteiger partial charge in [-0.1, -0.05) is 11.8 Å². The molecule has 1 aliphatic rings. The van der Waals surface area contributed by atoms with Gasteiger partial charge in [0.25, 0.3) is 10.0 Å². The van der Waals surface area contributed by atoms with Crippen molar-refractivity contribution in [1.29, 1.82) is 0 Å². The highest BCUT2D eigenvalue weighted by atomic mass is 32.2. The van der Waals surface area contributed by atoms with Gasteiger partial charge in [0.1, 0.15) is 0 Å². The highest BCUT2D eigenvalue weighted by Gasteiger charge is 2.24. The Bertz CT molecular complexity index is 1080. The van der Waals surface area contributed by atoms with Crippen LogP contribution in [0.25, 0.3) is 0 Å². The second kappa shape index (κ2) is 8.38. The molecule has 0 atom stereocenters. The van der Waals surface area contributed by atoms with E-state index in [1.54, 1.807) is 17.0 Å². The number of fused-ring (bicyclic) bond motifs is 1. The number of thioether (sulfide) groups is 1. The van der Waals surface area contributed by atoms with Gasteiger partial charge in [-0.25, -0.2) is 8.42 Å². The second-order valence-electron chi connectivity index (χ2n) is 6.60. The predicted octanol–water partition coefficient (Wildman–Crippen LogP) is 2.86. The monoisotopic (exact) mass is 432 g/mol. The maximum atomic E-state index is 12.7. The molecule has 1 heterocycles. The predicted molar refractivity (Wildman–Crippen MR) is 113 cm³/mol. The van der Waals surface area contributed by atoms with E-state index in [1.165, 1.54) is 44.2 Å². The van der Waals surface area contributed by atoms with Gasteiger partial charge in [-0.05, 0) is 54.4 Å². The summed E-state index contributed by atoms with van der Waals surface area (Å²) in [5.74, 6) is -0.227. The standard InChI is InChI=1S/C20H20N2O5S2/c1-13(23)22-10-9-16-11-18(7-8-19(16)22)29(26,27)21-17-5-3-15(4-6-17)20(25)12-28-14(2)24/h3-8,11,21H,9-10,12H2,1-2H3. The zero-order valence-electron chi connectivity index (χ0n) is 16.0. The fourth-order valence-electron chi connectivity index (χ4n) is 3.06. The lowest BCUT2D eigenvalue weighted by molar-refractivity contribution is -0.116. The van der Waals surface area contributed by atoms with E-state index >= 15 is 0 Å². The number of hydrogen-bond donors (Lipinski definition) is 1. The minimum atomic E-state index is -3.81. The molecule has 152 valence electrons. The number of rotatable bonds is 6. The van der Waals surface area contributed by atoms with E-state index in [0.717, 1.165) is 23.0 Å². The number of amides is 1. The van der Waals surface area contributed by atoms with E-state index in [0.29, 0.717) is 24.2 Å². The maximum absolute atomic E-state index is 12.7. The molecule has 1 N–H and O–H groups in total. The third-order valence-electron chi connectivity index (χ3n) is 4.50. The van der Waals surface area contributed by atoms with Gasteiger partial charge in [-0.15, -0.1) is 0 Å². The number of Topliss-reactive ketones (excluding diaryl/α,β-unsaturated/α-hetero) is 1. The van der Waals surface area contributed by atoms with Crippen LogP contribution in [0.15, 0.2) is 47.4 Å². The number of benzene rings is 2. The molecule has 0 fully saturated rings. The highest BCUT2D eigenvalue weighted by molar-refractivity contribution is 8.14. The van der Waals surface area contributed by atoms with Gasteiger partial charge in [0.05, 0.1) is 10.6 Å². The van der Waals surface area contributed by atoms with Crippen molar-refractivity contribution in [2.24, 2.45) is 0 Å². The zero-order valence-corrected chi connectivity index (χ0v) is 17.6. The van der Waals surface area contributed by atoms with E-state index < -0.39 is 10.0 Å². The number of carbonyl (C=O) groups is 3. The molecule has 0 unspecified atom stereocenters. The quantitative estimate of drug-likeness (QED) is 0.705. The molecule has 2 aromatic rings. The Morgan fingerprint density at radius 1 is 1.07 bits per heavy atom. The van der Waals surface area contributed by atoms with Crippen molar-refractivity contribution in [3.63, 3.8) is 0 Å². The van der Waals surface area contributed by atoms with E-state index in [1.807, 2.05) is 0 Å². The van der Waals surface area contributed by atoms with Crippen molar-refractivity contribution in [3.05, 3.63) is 53.6 Å². The van der Waals surface area contributed by atoms with E-state index in [4.69, 9.17) is 0 Å². The van der Waals surface area contributed by atoms with Crippen LogP contribution in [0.4, 0.5) is 11.4 Å². The highest BCUT2D eigenvalue weighted by Crippen LogP contribution is 2.30. The molecule has 1 amide bonds. The van der Waals surface area contributed by atoms with Crippen molar-refractivity contribution in [1.82, 2.24) is 0 Å². The molecule has 0 aromatic heterocycles. The van der Waals surface area contributed by atoms with Crippen molar-refractivity contribution in [3.8, 4) is 0 Å². The van der Waals surface area contributed by atoms with Crippen LogP contribution in [0.1, 0.15) is 29.8 Å². The molecule has 29 heavy (non-hydrogen) atoms. The summed E-state index contributed by atoms with van der Waals surface area (Å²) in [6, 6.07) is 10.8. The van der Waals surface area contributed by atoms with Crippen LogP contribution in [0.2, 0.25) is 0 Å². The fourth-order valence-corrected chi connectivity index (χ4v) is 4.67. The average Bonchev–Trinajstić information content (AvgIpc) is 3.10. The molecule has 7 nitrogen and oxygen atoms in total. The summed E-state index contributed by atoms with van der Waals surface area (Å²) >= 11 is 0.933.